The van der Waals surface area contributed by atoms with Gasteiger partial charge in [-0.1, -0.05) is 30.4 Å². The number of para-hydroxylation sites is 1. The van der Waals surface area contributed by atoms with Gasteiger partial charge in [-0.2, -0.15) is 0 Å². The fraction of sp³-hybridized carbons (Fsp3) is 0.182. The van der Waals surface area contributed by atoms with E-state index in [2.05, 4.69) is 0 Å². The van der Waals surface area contributed by atoms with Crippen LogP contribution in [0.1, 0.15) is 5.56 Å². The first-order valence-corrected chi connectivity index (χ1v) is 6.84. The molecule has 0 atom stereocenters. The predicted octanol–water partition coefficient (Wildman–Crippen LogP) is 0.676. The Bertz CT molecular complexity index is 515. The van der Waals surface area contributed by atoms with Gasteiger partial charge in [-0.05, 0) is 11.6 Å². The number of carbonyl (C=O) groups is 1. The Morgan fingerprint density at radius 1 is 1.26 bits per heavy atom. The quantitative estimate of drug-likeness (QED) is 0.590. The van der Waals surface area contributed by atoms with E-state index in [1.54, 1.807) is 0 Å². The molecule has 1 aliphatic heterocycles. The van der Waals surface area contributed by atoms with Crippen LogP contribution in [0.25, 0.3) is 6.08 Å². The Hall–Kier alpha value is -1.66. The number of fused-ring (bicyclic) bond motifs is 1. The fourth-order valence-corrected chi connectivity index (χ4v) is 1.63. The number of carboxylic acids is 1. The first kappa shape index (κ1) is 15.4. The molecule has 1 aromatic rings. The van der Waals surface area contributed by atoms with Crippen LogP contribution in [0, 0.1) is 0 Å². The van der Waals surface area contributed by atoms with Crippen LogP contribution in [-0.4, -0.2) is 38.8 Å². The molecule has 0 amide bonds. The van der Waals surface area contributed by atoms with Crippen LogP contribution < -0.4 is 4.90 Å². The second kappa shape index (κ2) is 6.49. The number of aliphatic carboxylic acids is 1. The molecule has 8 heteroatoms. The van der Waals surface area contributed by atoms with Crippen molar-refractivity contribution in [2.75, 3.05) is 18.0 Å². The molecule has 0 unspecified atom stereocenters. The highest BCUT2D eigenvalue weighted by Crippen LogP contribution is 2.26. The lowest BCUT2D eigenvalue weighted by Crippen LogP contribution is -2.31. The van der Waals surface area contributed by atoms with Gasteiger partial charge in [0.05, 0.1) is 0 Å². The number of hydrogen-bond donors (Lipinski definition) is 4. The second-order valence-corrected chi connectivity index (χ2v) is 4.78. The van der Waals surface area contributed by atoms with Crippen LogP contribution in [0.2, 0.25) is 0 Å². The van der Waals surface area contributed by atoms with E-state index < -0.39 is 13.8 Å². The van der Waals surface area contributed by atoms with Gasteiger partial charge < -0.3 is 24.7 Å². The molecule has 0 spiro atoms. The van der Waals surface area contributed by atoms with E-state index in [4.69, 9.17) is 24.4 Å². The highest BCUT2D eigenvalue weighted by atomic mass is 31.2. The van der Waals surface area contributed by atoms with Crippen molar-refractivity contribution in [3.8, 4) is 0 Å². The highest BCUT2D eigenvalue weighted by Gasteiger charge is 2.14. The van der Waals surface area contributed by atoms with Gasteiger partial charge in [0.15, 0.2) is 0 Å². The molecular weight excluding hydrogens is 273 g/mol. The lowest BCUT2D eigenvalue weighted by Gasteiger charge is -2.26. The molecule has 0 saturated heterocycles. The molecule has 19 heavy (non-hydrogen) atoms. The number of anilines is 1. The van der Waals surface area contributed by atoms with E-state index in [1.165, 1.54) is 0 Å². The van der Waals surface area contributed by atoms with Gasteiger partial charge in [0, 0.05) is 12.2 Å². The zero-order chi connectivity index (χ0) is 14.5. The number of rotatable bonds is 2. The van der Waals surface area contributed by atoms with E-state index >= 15 is 0 Å². The van der Waals surface area contributed by atoms with Crippen LogP contribution >= 0.6 is 7.82 Å². The summed E-state index contributed by atoms with van der Waals surface area (Å²) in [5, 5.41) is 8.73. The molecule has 2 rings (SSSR count). The van der Waals surface area contributed by atoms with Gasteiger partial charge in [-0.3, -0.25) is 4.79 Å². The van der Waals surface area contributed by atoms with Gasteiger partial charge in [-0.25, -0.2) is 4.57 Å². The van der Waals surface area contributed by atoms with Crippen LogP contribution in [0.5, 0.6) is 0 Å². The van der Waals surface area contributed by atoms with Crippen molar-refractivity contribution in [1.29, 1.82) is 0 Å². The number of benzene rings is 1. The molecule has 0 radical (unpaired) electrons. The Balaban J connectivity index is 0.000000312. The normalized spacial score (nSPS) is 13.3. The summed E-state index contributed by atoms with van der Waals surface area (Å²) in [4.78, 5) is 34.0. The molecule has 7 nitrogen and oxygen atoms in total. The zero-order valence-corrected chi connectivity index (χ0v) is 10.8. The maximum absolute atomic E-state index is 10.6. The van der Waals surface area contributed by atoms with Gasteiger partial charge in [0.2, 0.25) is 0 Å². The Kier molecular flexibility index (Phi) is 5.26. The molecule has 1 aromatic carbocycles. The first-order chi connectivity index (χ1) is 8.77. The van der Waals surface area contributed by atoms with Gasteiger partial charge in [0.25, 0.3) is 0 Å². The summed E-state index contributed by atoms with van der Waals surface area (Å²) in [7, 11) is -4.64. The summed E-state index contributed by atoms with van der Waals surface area (Å²) >= 11 is 0. The Morgan fingerprint density at radius 3 is 2.42 bits per heavy atom. The second-order valence-electron chi connectivity index (χ2n) is 3.75. The third-order valence-corrected chi connectivity index (χ3v) is 2.23. The summed E-state index contributed by atoms with van der Waals surface area (Å²) in [6, 6.07) is 7.81. The number of phosphoric acid groups is 1. The van der Waals surface area contributed by atoms with Crippen molar-refractivity contribution >= 4 is 25.6 Å². The molecule has 0 fully saturated rings. The smallest absolute Gasteiger partial charge is 0.466 e. The van der Waals surface area contributed by atoms with Crippen molar-refractivity contribution in [2.24, 2.45) is 0 Å². The Morgan fingerprint density at radius 2 is 1.84 bits per heavy atom. The third kappa shape index (κ3) is 6.17. The monoisotopic (exact) mass is 287 g/mol. The van der Waals surface area contributed by atoms with Gasteiger partial charge in [0.1, 0.15) is 6.54 Å². The fourth-order valence-electron chi connectivity index (χ4n) is 1.63. The standard InChI is InChI=1S/C11H11NO2.H3O4P/c13-11(14)8-12-7-3-5-9-4-1-2-6-10(9)12;1-5(2,3)4/h1-6H,7-8H2,(H,13,14);(H3,1,2,3,4). The minimum atomic E-state index is -4.64. The molecule has 0 aliphatic carbocycles. The SMILES string of the molecule is O=C(O)CN1CC=Cc2ccccc21.O=P(O)(O)O. The van der Waals surface area contributed by atoms with Crippen molar-refractivity contribution < 1.29 is 29.1 Å². The van der Waals surface area contributed by atoms with Crippen molar-refractivity contribution in [2.45, 2.75) is 0 Å². The maximum Gasteiger partial charge on any atom is 0.466 e. The lowest BCUT2D eigenvalue weighted by molar-refractivity contribution is -0.135. The molecular formula is C11H14NO6P. The first-order valence-electron chi connectivity index (χ1n) is 5.28. The maximum atomic E-state index is 10.6. The van der Waals surface area contributed by atoms with Crippen molar-refractivity contribution in [3.05, 3.63) is 35.9 Å². The number of carboxylic acid groups (broad SMARTS) is 1. The van der Waals surface area contributed by atoms with Gasteiger partial charge >= 0.3 is 13.8 Å². The lowest BCUT2D eigenvalue weighted by atomic mass is 10.1. The summed E-state index contributed by atoms with van der Waals surface area (Å²) < 4.78 is 8.88. The molecule has 1 aliphatic rings. The molecule has 4 N–H and O–H groups in total. The third-order valence-electron chi connectivity index (χ3n) is 2.23. The van der Waals surface area contributed by atoms with E-state index in [0.717, 1.165) is 11.3 Å². The summed E-state index contributed by atoms with van der Waals surface area (Å²) in [5.41, 5.74) is 2.08. The van der Waals surface area contributed by atoms with Crippen LogP contribution in [-0.2, 0) is 9.36 Å². The van der Waals surface area contributed by atoms with Crippen molar-refractivity contribution in [3.63, 3.8) is 0 Å². The van der Waals surface area contributed by atoms with Gasteiger partial charge in [-0.15, -0.1) is 0 Å². The topological polar surface area (TPSA) is 118 Å². The van der Waals surface area contributed by atoms with Crippen LogP contribution in [0.3, 0.4) is 0 Å². The Labute approximate surface area is 109 Å². The number of nitrogens with zero attached hydrogens (tertiary/aromatic N) is 1. The van der Waals surface area contributed by atoms with Crippen LogP contribution in [0.15, 0.2) is 30.3 Å². The summed E-state index contributed by atoms with van der Waals surface area (Å²) in [6.07, 6.45) is 4.00. The van der Waals surface area contributed by atoms with E-state index in [-0.39, 0.29) is 6.54 Å². The van der Waals surface area contributed by atoms with E-state index in [9.17, 15) is 4.79 Å². The summed E-state index contributed by atoms with van der Waals surface area (Å²) in [5.74, 6) is -0.796. The molecule has 0 saturated carbocycles. The van der Waals surface area contributed by atoms with E-state index in [0.29, 0.717) is 6.54 Å². The average molecular weight is 287 g/mol. The highest BCUT2D eigenvalue weighted by molar-refractivity contribution is 7.45. The molecule has 104 valence electrons. The predicted molar refractivity (Wildman–Crippen MR) is 69.6 cm³/mol. The largest absolute Gasteiger partial charge is 0.480 e. The zero-order valence-electron chi connectivity index (χ0n) is 9.88. The van der Waals surface area contributed by atoms with Crippen molar-refractivity contribution in [1.82, 2.24) is 0 Å². The molecule has 0 aromatic heterocycles. The van der Waals surface area contributed by atoms with Crippen LogP contribution in [0.4, 0.5) is 5.69 Å². The minimum absolute atomic E-state index is 0.0569. The van der Waals surface area contributed by atoms with E-state index in [1.807, 2.05) is 41.3 Å². The molecule has 1 heterocycles. The number of hydrogen-bond acceptors (Lipinski definition) is 3. The minimum Gasteiger partial charge on any atom is -0.480 e. The average Bonchev–Trinajstić information content (AvgIpc) is 2.26. The molecule has 0 bridgehead atoms. The summed E-state index contributed by atoms with van der Waals surface area (Å²) in [6.45, 7) is 0.727.